The fourth-order valence-corrected chi connectivity index (χ4v) is 2.30. The topological polar surface area (TPSA) is 42.8 Å². The average molecular weight is 353 g/mol. The van der Waals surface area contributed by atoms with Gasteiger partial charge in [-0.05, 0) is 52.3 Å². The first-order chi connectivity index (χ1) is 10.2. The molecule has 0 aliphatic heterocycles. The fraction of sp³-hybridized carbons (Fsp3) is 0.133. The molecule has 21 heavy (non-hydrogen) atoms. The van der Waals surface area contributed by atoms with Gasteiger partial charge in [-0.15, -0.1) is 0 Å². The van der Waals surface area contributed by atoms with E-state index in [1.165, 1.54) is 12.1 Å². The number of anilines is 1. The van der Waals surface area contributed by atoms with Crippen molar-refractivity contribution in [2.45, 2.75) is 0 Å². The number of benzene rings is 2. The molecule has 4 nitrogen and oxygen atoms in total. The first-order valence-electron chi connectivity index (χ1n) is 6.11. The minimum atomic E-state index is -0.285. The smallest absolute Gasteiger partial charge is 0.175 e. The van der Waals surface area contributed by atoms with Gasteiger partial charge in [0.1, 0.15) is 5.82 Å². The Kier molecular flexibility index (Phi) is 5.16. The molecule has 0 bridgehead atoms. The molecule has 0 aliphatic rings. The maximum Gasteiger partial charge on any atom is 0.175 e. The van der Waals surface area contributed by atoms with E-state index < -0.39 is 0 Å². The second-order valence-electron chi connectivity index (χ2n) is 4.08. The van der Waals surface area contributed by atoms with Crippen molar-refractivity contribution in [1.29, 1.82) is 0 Å². The Balaban J connectivity index is 2.15. The van der Waals surface area contributed by atoms with E-state index in [1.807, 2.05) is 6.07 Å². The standard InChI is InChI=1S/C15H14BrFN2O2/c1-20-13-8-3-10(14(16)15(13)21-2)9-18-19-12-6-4-11(17)5-7-12/h3-9,19H,1-2H3/b18-9+. The summed E-state index contributed by atoms with van der Waals surface area (Å²) in [6.45, 7) is 0. The number of nitrogens with one attached hydrogen (secondary N) is 1. The molecule has 110 valence electrons. The zero-order valence-corrected chi connectivity index (χ0v) is 13.1. The van der Waals surface area contributed by atoms with Gasteiger partial charge in [0.2, 0.25) is 0 Å². The van der Waals surface area contributed by atoms with E-state index in [0.717, 1.165) is 10.0 Å². The highest BCUT2D eigenvalue weighted by Gasteiger charge is 2.11. The van der Waals surface area contributed by atoms with Crippen LogP contribution in [-0.2, 0) is 0 Å². The molecule has 0 unspecified atom stereocenters. The van der Waals surface area contributed by atoms with Crippen molar-refractivity contribution in [3.05, 3.63) is 52.3 Å². The maximum absolute atomic E-state index is 12.8. The number of nitrogens with zero attached hydrogens (tertiary/aromatic N) is 1. The Labute approximate surface area is 130 Å². The third kappa shape index (κ3) is 3.72. The largest absolute Gasteiger partial charge is 0.493 e. The van der Waals surface area contributed by atoms with Gasteiger partial charge >= 0.3 is 0 Å². The number of ether oxygens (including phenoxy) is 2. The van der Waals surface area contributed by atoms with Crippen LogP contribution in [0.5, 0.6) is 11.5 Å². The van der Waals surface area contributed by atoms with Crippen molar-refractivity contribution in [2.75, 3.05) is 19.6 Å². The van der Waals surface area contributed by atoms with Gasteiger partial charge in [-0.25, -0.2) is 4.39 Å². The van der Waals surface area contributed by atoms with E-state index in [0.29, 0.717) is 17.2 Å². The van der Waals surface area contributed by atoms with Crippen LogP contribution < -0.4 is 14.9 Å². The van der Waals surface area contributed by atoms with Crippen LogP contribution in [0.4, 0.5) is 10.1 Å². The molecule has 0 amide bonds. The highest BCUT2D eigenvalue weighted by Crippen LogP contribution is 2.36. The van der Waals surface area contributed by atoms with Crippen LogP contribution in [0.25, 0.3) is 0 Å². The van der Waals surface area contributed by atoms with Gasteiger partial charge in [-0.2, -0.15) is 5.10 Å². The maximum atomic E-state index is 12.8. The minimum absolute atomic E-state index is 0.285. The van der Waals surface area contributed by atoms with Crippen LogP contribution in [-0.4, -0.2) is 20.4 Å². The molecular weight excluding hydrogens is 339 g/mol. The van der Waals surface area contributed by atoms with E-state index in [1.54, 1.807) is 38.6 Å². The molecule has 1 N–H and O–H groups in total. The molecule has 2 aromatic rings. The van der Waals surface area contributed by atoms with Crippen LogP contribution in [0.1, 0.15) is 5.56 Å². The van der Waals surface area contributed by atoms with E-state index in [4.69, 9.17) is 9.47 Å². The third-order valence-electron chi connectivity index (χ3n) is 2.76. The Morgan fingerprint density at radius 3 is 2.43 bits per heavy atom. The molecule has 6 heteroatoms. The second kappa shape index (κ2) is 7.08. The lowest BCUT2D eigenvalue weighted by Gasteiger charge is -2.10. The predicted molar refractivity (Wildman–Crippen MR) is 84.9 cm³/mol. The summed E-state index contributed by atoms with van der Waals surface area (Å²) in [5.74, 6) is 0.948. The van der Waals surface area contributed by atoms with E-state index in [-0.39, 0.29) is 5.82 Å². The summed E-state index contributed by atoms with van der Waals surface area (Å²) in [6.07, 6.45) is 1.63. The van der Waals surface area contributed by atoms with Gasteiger partial charge in [0.25, 0.3) is 0 Å². The number of hydrazone groups is 1. The summed E-state index contributed by atoms with van der Waals surface area (Å²) in [6, 6.07) is 9.59. The van der Waals surface area contributed by atoms with Crippen molar-refractivity contribution < 1.29 is 13.9 Å². The Morgan fingerprint density at radius 2 is 1.81 bits per heavy atom. The Hall–Kier alpha value is -2.08. The number of halogens is 2. The summed E-state index contributed by atoms with van der Waals surface area (Å²) in [5.41, 5.74) is 4.34. The van der Waals surface area contributed by atoms with E-state index >= 15 is 0 Å². The molecule has 0 atom stereocenters. The summed E-state index contributed by atoms with van der Waals surface area (Å²) in [4.78, 5) is 0. The number of hydrogen-bond donors (Lipinski definition) is 1. The molecule has 0 saturated heterocycles. The van der Waals surface area contributed by atoms with Crippen molar-refractivity contribution in [1.82, 2.24) is 0 Å². The van der Waals surface area contributed by atoms with Crippen molar-refractivity contribution in [3.63, 3.8) is 0 Å². The predicted octanol–water partition coefficient (Wildman–Crippen LogP) is 4.05. The van der Waals surface area contributed by atoms with Crippen molar-refractivity contribution >= 4 is 27.8 Å². The van der Waals surface area contributed by atoms with Crippen molar-refractivity contribution in [3.8, 4) is 11.5 Å². The summed E-state index contributed by atoms with van der Waals surface area (Å²) in [5, 5.41) is 4.11. The number of methoxy groups -OCH3 is 2. The van der Waals surface area contributed by atoms with Gasteiger partial charge in [0.05, 0.1) is 30.6 Å². The second-order valence-corrected chi connectivity index (χ2v) is 4.87. The number of hydrogen-bond acceptors (Lipinski definition) is 4. The summed E-state index contributed by atoms with van der Waals surface area (Å²) >= 11 is 3.46. The SMILES string of the molecule is COc1ccc(/C=N/Nc2ccc(F)cc2)c(Br)c1OC. The molecule has 2 rings (SSSR count). The molecule has 0 aliphatic carbocycles. The molecular formula is C15H14BrFN2O2. The van der Waals surface area contributed by atoms with Crippen LogP contribution in [0, 0.1) is 5.82 Å². The van der Waals surface area contributed by atoms with Crippen LogP contribution >= 0.6 is 15.9 Å². The highest BCUT2D eigenvalue weighted by atomic mass is 79.9. The van der Waals surface area contributed by atoms with Gasteiger partial charge < -0.3 is 9.47 Å². The Bertz CT molecular complexity index is 645. The lowest BCUT2D eigenvalue weighted by atomic mass is 10.2. The molecule has 0 saturated carbocycles. The molecule has 0 radical (unpaired) electrons. The number of rotatable bonds is 5. The minimum Gasteiger partial charge on any atom is -0.493 e. The first kappa shape index (κ1) is 15.3. The van der Waals surface area contributed by atoms with E-state index in [9.17, 15) is 4.39 Å². The van der Waals surface area contributed by atoms with Crippen LogP contribution in [0.15, 0.2) is 46.0 Å². The van der Waals surface area contributed by atoms with Crippen LogP contribution in [0.2, 0.25) is 0 Å². The Morgan fingerprint density at radius 1 is 1.10 bits per heavy atom. The molecule has 0 spiro atoms. The molecule has 2 aromatic carbocycles. The third-order valence-corrected chi connectivity index (χ3v) is 3.57. The van der Waals surface area contributed by atoms with E-state index in [2.05, 4.69) is 26.5 Å². The van der Waals surface area contributed by atoms with Crippen molar-refractivity contribution in [2.24, 2.45) is 5.10 Å². The monoisotopic (exact) mass is 352 g/mol. The van der Waals surface area contributed by atoms with Gasteiger partial charge in [-0.3, -0.25) is 5.43 Å². The summed E-state index contributed by atoms with van der Waals surface area (Å²) in [7, 11) is 3.15. The quantitative estimate of drug-likeness (QED) is 0.651. The summed E-state index contributed by atoms with van der Waals surface area (Å²) < 4.78 is 24.0. The normalized spacial score (nSPS) is 10.7. The van der Waals surface area contributed by atoms with Gasteiger partial charge in [0.15, 0.2) is 11.5 Å². The zero-order chi connectivity index (χ0) is 15.2. The average Bonchev–Trinajstić information content (AvgIpc) is 2.50. The first-order valence-corrected chi connectivity index (χ1v) is 6.90. The lowest BCUT2D eigenvalue weighted by Crippen LogP contribution is -1.96. The van der Waals surface area contributed by atoms with Gasteiger partial charge in [0, 0.05) is 5.56 Å². The molecule has 0 fully saturated rings. The fourth-order valence-electron chi connectivity index (χ4n) is 1.70. The molecule has 0 aromatic heterocycles. The van der Waals surface area contributed by atoms with Gasteiger partial charge in [-0.1, -0.05) is 0 Å². The highest BCUT2D eigenvalue weighted by molar-refractivity contribution is 9.10. The van der Waals surface area contributed by atoms with Crippen LogP contribution in [0.3, 0.4) is 0 Å². The zero-order valence-electron chi connectivity index (χ0n) is 11.6. The molecule has 0 heterocycles. The lowest BCUT2D eigenvalue weighted by molar-refractivity contribution is 0.353.